The molecule has 2 amide bonds. The summed E-state index contributed by atoms with van der Waals surface area (Å²) in [6.07, 6.45) is -3.58. The average Bonchev–Trinajstić information content (AvgIpc) is 3.28. The molecule has 0 aliphatic heterocycles. The molecular formula is C24H24F3N5O4. The quantitative estimate of drug-likeness (QED) is 0.355. The Hall–Kier alpha value is -4.22. The SMILES string of the molecule is Cc1cc(NC(=O)OC(C)(C)C)c(NC(=O)CC(=O)c2cccc(-n3ccnn3)c2)c(C(F)(F)F)c1. The summed E-state index contributed by atoms with van der Waals surface area (Å²) >= 11 is 0. The molecule has 190 valence electrons. The fourth-order valence-corrected chi connectivity index (χ4v) is 3.26. The zero-order valence-electron chi connectivity index (χ0n) is 19.9. The minimum absolute atomic E-state index is 0.158. The summed E-state index contributed by atoms with van der Waals surface area (Å²) in [5, 5.41) is 11.9. The average molecular weight is 503 g/mol. The van der Waals surface area contributed by atoms with E-state index < -0.39 is 47.2 Å². The Bertz CT molecular complexity index is 1280. The van der Waals surface area contributed by atoms with Crippen molar-refractivity contribution in [1.82, 2.24) is 15.0 Å². The Morgan fingerprint density at radius 1 is 1.06 bits per heavy atom. The van der Waals surface area contributed by atoms with Gasteiger partial charge >= 0.3 is 12.3 Å². The normalized spacial score (nSPS) is 11.6. The molecule has 0 aliphatic carbocycles. The molecular weight excluding hydrogens is 479 g/mol. The highest BCUT2D eigenvalue weighted by atomic mass is 19.4. The van der Waals surface area contributed by atoms with Crippen molar-refractivity contribution in [2.45, 2.75) is 45.9 Å². The predicted molar refractivity (Wildman–Crippen MR) is 125 cm³/mol. The minimum Gasteiger partial charge on any atom is -0.444 e. The predicted octanol–water partition coefficient (Wildman–Crippen LogP) is 5.15. The minimum atomic E-state index is -4.85. The molecule has 1 heterocycles. The van der Waals surface area contributed by atoms with E-state index in [1.165, 1.54) is 36.0 Å². The third-order valence-corrected chi connectivity index (χ3v) is 4.66. The maximum atomic E-state index is 13.8. The van der Waals surface area contributed by atoms with Gasteiger partial charge in [-0.2, -0.15) is 13.2 Å². The summed E-state index contributed by atoms with van der Waals surface area (Å²) < 4.78 is 47.9. The van der Waals surface area contributed by atoms with Crippen LogP contribution in [0.15, 0.2) is 48.8 Å². The maximum absolute atomic E-state index is 13.8. The number of carbonyl (C=O) groups excluding carboxylic acids is 3. The molecule has 12 heteroatoms. The van der Waals surface area contributed by atoms with Gasteiger partial charge in [0.25, 0.3) is 0 Å². The van der Waals surface area contributed by atoms with Crippen LogP contribution in [0, 0.1) is 6.92 Å². The van der Waals surface area contributed by atoms with Crippen LogP contribution in [0.5, 0.6) is 0 Å². The molecule has 0 radical (unpaired) electrons. The number of carbonyl (C=O) groups is 3. The number of alkyl halides is 3. The van der Waals surface area contributed by atoms with E-state index in [9.17, 15) is 27.6 Å². The van der Waals surface area contributed by atoms with E-state index in [4.69, 9.17) is 4.74 Å². The Labute approximate surface area is 204 Å². The lowest BCUT2D eigenvalue weighted by Gasteiger charge is -2.22. The molecule has 2 N–H and O–H groups in total. The number of amides is 2. The first-order valence-electron chi connectivity index (χ1n) is 10.7. The van der Waals surface area contributed by atoms with Gasteiger partial charge in [0.15, 0.2) is 5.78 Å². The first kappa shape index (κ1) is 26.4. The summed E-state index contributed by atoms with van der Waals surface area (Å²) in [6, 6.07) is 8.29. The fourth-order valence-electron chi connectivity index (χ4n) is 3.26. The van der Waals surface area contributed by atoms with Crippen LogP contribution in [0.4, 0.5) is 29.3 Å². The maximum Gasteiger partial charge on any atom is 0.418 e. The molecule has 9 nitrogen and oxygen atoms in total. The monoisotopic (exact) mass is 503 g/mol. The molecule has 0 bridgehead atoms. The Morgan fingerprint density at radius 3 is 2.39 bits per heavy atom. The summed E-state index contributed by atoms with van der Waals surface area (Å²) in [5.41, 5.74) is -2.23. The topological polar surface area (TPSA) is 115 Å². The molecule has 0 atom stereocenters. The second kappa shape index (κ2) is 10.2. The van der Waals surface area contributed by atoms with Crippen molar-refractivity contribution in [3.63, 3.8) is 0 Å². The summed E-state index contributed by atoms with van der Waals surface area (Å²) in [5.74, 6) is -1.62. The van der Waals surface area contributed by atoms with Gasteiger partial charge in [-0.25, -0.2) is 9.48 Å². The molecule has 0 aliphatic rings. The van der Waals surface area contributed by atoms with E-state index in [0.717, 1.165) is 6.07 Å². The fraction of sp³-hybridized carbons (Fsp3) is 0.292. The summed E-state index contributed by atoms with van der Waals surface area (Å²) in [4.78, 5) is 37.6. The van der Waals surface area contributed by atoms with Crippen molar-refractivity contribution >= 4 is 29.2 Å². The first-order valence-corrected chi connectivity index (χ1v) is 10.7. The van der Waals surface area contributed by atoms with Crippen LogP contribution in [0.2, 0.25) is 0 Å². The van der Waals surface area contributed by atoms with Gasteiger partial charge < -0.3 is 10.1 Å². The van der Waals surface area contributed by atoms with Gasteiger partial charge in [-0.15, -0.1) is 5.10 Å². The number of anilines is 2. The summed E-state index contributed by atoms with van der Waals surface area (Å²) in [6.45, 7) is 6.19. The molecule has 0 fully saturated rings. The number of ether oxygens (including phenoxy) is 1. The van der Waals surface area contributed by atoms with Gasteiger partial charge in [-0.1, -0.05) is 17.3 Å². The lowest BCUT2D eigenvalue weighted by Crippen LogP contribution is -2.28. The van der Waals surface area contributed by atoms with E-state index in [1.807, 2.05) is 0 Å². The number of hydrogen-bond acceptors (Lipinski definition) is 6. The van der Waals surface area contributed by atoms with Gasteiger partial charge in [0.2, 0.25) is 5.91 Å². The third-order valence-electron chi connectivity index (χ3n) is 4.66. The highest BCUT2D eigenvalue weighted by Gasteiger charge is 2.36. The van der Waals surface area contributed by atoms with Crippen LogP contribution >= 0.6 is 0 Å². The summed E-state index contributed by atoms with van der Waals surface area (Å²) in [7, 11) is 0. The number of hydrogen-bond donors (Lipinski definition) is 2. The van der Waals surface area contributed by atoms with Crippen molar-refractivity contribution < 1.29 is 32.3 Å². The molecule has 0 saturated carbocycles. The van der Waals surface area contributed by atoms with Crippen LogP contribution < -0.4 is 10.6 Å². The zero-order chi connectivity index (χ0) is 26.7. The third kappa shape index (κ3) is 6.90. The molecule has 0 spiro atoms. The number of ketones is 1. The number of Topliss-reactive ketones (excluding diaryl/α,β-unsaturated/α-hetero) is 1. The second-order valence-corrected chi connectivity index (χ2v) is 8.91. The molecule has 3 rings (SSSR count). The molecule has 1 aromatic heterocycles. The van der Waals surface area contributed by atoms with Crippen LogP contribution in [-0.2, 0) is 15.7 Å². The molecule has 0 saturated heterocycles. The van der Waals surface area contributed by atoms with Crippen molar-refractivity contribution in [3.05, 3.63) is 65.5 Å². The van der Waals surface area contributed by atoms with Gasteiger partial charge in [0.05, 0.1) is 41.4 Å². The van der Waals surface area contributed by atoms with Crippen molar-refractivity contribution in [3.8, 4) is 5.69 Å². The smallest absolute Gasteiger partial charge is 0.418 e. The number of aryl methyl sites for hydroxylation is 1. The van der Waals surface area contributed by atoms with Gasteiger partial charge in [-0.3, -0.25) is 14.9 Å². The van der Waals surface area contributed by atoms with E-state index in [1.54, 1.807) is 39.1 Å². The number of nitrogens with zero attached hydrogens (tertiary/aromatic N) is 3. The molecule has 0 unspecified atom stereocenters. The number of nitrogens with one attached hydrogen (secondary N) is 2. The molecule has 36 heavy (non-hydrogen) atoms. The Morgan fingerprint density at radius 2 is 1.78 bits per heavy atom. The van der Waals surface area contributed by atoms with Crippen LogP contribution in [0.3, 0.4) is 0 Å². The number of benzene rings is 2. The van der Waals surface area contributed by atoms with Gasteiger partial charge in [-0.05, 0) is 57.5 Å². The number of aromatic nitrogens is 3. The van der Waals surface area contributed by atoms with Crippen molar-refractivity contribution in [2.24, 2.45) is 0 Å². The van der Waals surface area contributed by atoms with Crippen molar-refractivity contribution in [2.75, 3.05) is 10.6 Å². The lowest BCUT2D eigenvalue weighted by atomic mass is 10.0. The van der Waals surface area contributed by atoms with E-state index >= 15 is 0 Å². The van der Waals surface area contributed by atoms with E-state index in [-0.39, 0.29) is 16.8 Å². The van der Waals surface area contributed by atoms with E-state index in [2.05, 4.69) is 20.9 Å². The number of halogens is 3. The van der Waals surface area contributed by atoms with E-state index in [0.29, 0.717) is 5.69 Å². The number of rotatable bonds is 6. The molecule has 3 aromatic rings. The largest absolute Gasteiger partial charge is 0.444 e. The van der Waals surface area contributed by atoms with Crippen LogP contribution in [0.25, 0.3) is 5.69 Å². The molecule has 2 aromatic carbocycles. The van der Waals surface area contributed by atoms with Crippen LogP contribution in [-0.4, -0.2) is 38.4 Å². The Kier molecular flexibility index (Phi) is 7.46. The van der Waals surface area contributed by atoms with Crippen LogP contribution in [0.1, 0.15) is 48.7 Å². The Balaban J connectivity index is 1.86. The van der Waals surface area contributed by atoms with Gasteiger partial charge in [0.1, 0.15) is 5.60 Å². The highest BCUT2D eigenvalue weighted by Crippen LogP contribution is 2.40. The van der Waals surface area contributed by atoms with Crippen molar-refractivity contribution in [1.29, 1.82) is 0 Å². The highest BCUT2D eigenvalue weighted by molar-refractivity contribution is 6.12. The lowest BCUT2D eigenvalue weighted by molar-refractivity contribution is -0.137. The second-order valence-electron chi connectivity index (χ2n) is 8.91. The first-order chi connectivity index (χ1) is 16.7. The standard InChI is InChI=1S/C24H24F3N5O4/c1-14-10-17(24(25,26)27)21(18(11-14)29-22(35)36-23(2,3)4)30-20(34)13-19(33)15-6-5-7-16(12-15)32-9-8-28-31-32/h5-12H,13H2,1-4H3,(H,29,35)(H,30,34). The zero-order valence-corrected chi connectivity index (χ0v) is 19.9. The van der Waals surface area contributed by atoms with Gasteiger partial charge in [0, 0.05) is 5.56 Å².